The smallest absolute Gasteiger partial charge is 0.220 e. The van der Waals surface area contributed by atoms with Gasteiger partial charge in [-0.1, -0.05) is 0 Å². The van der Waals surface area contributed by atoms with Crippen molar-refractivity contribution in [2.24, 2.45) is 4.99 Å². The first-order valence-corrected chi connectivity index (χ1v) is 4.64. The van der Waals surface area contributed by atoms with Crippen LogP contribution in [-0.4, -0.2) is 10.7 Å². The number of halogens is 2. The first-order chi connectivity index (χ1) is 7.08. The summed E-state index contributed by atoms with van der Waals surface area (Å²) in [6, 6.07) is 3.20. The largest absolute Gasteiger partial charge is 0.229 e. The predicted molar refractivity (Wildman–Crippen MR) is 54.7 cm³/mol. The van der Waals surface area contributed by atoms with Crippen molar-refractivity contribution < 1.29 is 8.78 Å². The molecule has 0 unspecified atom stereocenters. The molecule has 78 valence electrons. The van der Waals surface area contributed by atoms with Gasteiger partial charge < -0.3 is 0 Å². The molecule has 0 atom stereocenters. The van der Waals surface area contributed by atoms with E-state index >= 15 is 0 Å². The summed E-state index contributed by atoms with van der Waals surface area (Å²) in [5.74, 6) is -1.23. The zero-order valence-electron chi connectivity index (χ0n) is 8.51. The second-order valence-electron chi connectivity index (χ2n) is 3.58. The Balaban J connectivity index is 2.45. The SMILES string of the molecule is CC1=NC(F)=C(c2ccc(C)nc2F)C1. The fourth-order valence-electron chi connectivity index (χ4n) is 1.56. The van der Waals surface area contributed by atoms with Gasteiger partial charge in [-0.25, -0.2) is 9.98 Å². The van der Waals surface area contributed by atoms with E-state index in [0.717, 1.165) is 0 Å². The van der Waals surface area contributed by atoms with Gasteiger partial charge in [0.25, 0.3) is 0 Å². The predicted octanol–water partition coefficient (Wildman–Crippen LogP) is 3.03. The molecule has 2 heterocycles. The number of aromatic nitrogens is 1. The van der Waals surface area contributed by atoms with Crippen molar-refractivity contribution in [1.82, 2.24) is 4.98 Å². The maximum Gasteiger partial charge on any atom is 0.220 e. The number of hydrogen-bond acceptors (Lipinski definition) is 2. The van der Waals surface area contributed by atoms with Crippen LogP contribution in [0.3, 0.4) is 0 Å². The quantitative estimate of drug-likeness (QED) is 0.514. The summed E-state index contributed by atoms with van der Waals surface area (Å²) < 4.78 is 26.7. The summed E-state index contributed by atoms with van der Waals surface area (Å²) in [6.45, 7) is 3.40. The van der Waals surface area contributed by atoms with Gasteiger partial charge >= 0.3 is 0 Å². The zero-order chi connectivity index (χ0) is 11.0. The van der Waals surface area contributed by atoms with E-state index in [1.807, 2.05) is 0 Å². The van der Waals surface area contributed by atoms with Gasteiger partial charge in [0.2, 0.25) is 11.9 Å². The van der Waals surface area contributed by atoms with Crippen LogP contribution in [0.25, 0.3) is 5.57 Å². The van der Waals surface area contributed by atoms with Crippen LogP contribution in [-0.2, 0) is 0 Å². The van der Waals surface area contributed by atoms with Crippen molar-refractivity contribution in [3.05, 3.63) is 35.3 Å². The highest BCUT2D eigenvalue weighted by molar-refractivity contribution is 5.97. The zero-order valence-corrected chi connectivity index (χ0v) is 8.51. The average molecular weight is 208 g/mol. The molecule has 0 radical (unpaired) electrons. The maximum absolute atomic E-state index is 13.4. The highest BCUT2D eigenvalue weighted by atomic mass is 19.1. The second-order valence-corrected chi connectivity index (χ2v) is 3.58. The minimum absolute atomic E-state index is 0.207. The lowest BCUT2D eigenvalue weighted by Gasteiger charge is -2.03. The van der Waals surface area contributed by atoms with Gasteiger partial charge in [-0.2, -0.15) is 8.78 Å². The van der Waals surface area contributed by atoms with Gasteiger partial charge in [-0.15, -0.1) is 0 Å². The Labute approximate surface area is 86.4 Å². The third-order valence-electron chi connectivity index (χ3n) is 2.28. The molecular weight excluding hydrogens is 198 g/mol. The normalized spacial score (nSPS) is 15.9. The molecule has 1 aromatic heterocycles. The van der Waals surface area contributed by atoms with Crippen LogP contribution in [0, 0.1) is 12.9 Å². The number of nitrogens with zero attached hydrogens (tertiary/aromatic N) is 2. The van der Waals surface area contributed by atoms with Gasteiger partial charge in [0.1, 0.15) is 0 Å². The maximum atomic E-state index is 13.4. The van der Waals surface area contributed by atoms with E-state index in [1.54, 1.807) is 26.0 Å². The summed E-state index contributed by atoms with van der Waals surface area (Å²) in [7, 11) is 0. The van der Waals surface area contributed by atoms with Gasteiger partial charge in [0.15, 0.2) is 0 Å². The van der Waals surface area contributed by atoms with Crippen LogP contribution in [0.15, 0.2) is 23.1 Å². The van der Waals surface area contributed by atoms with Crippen molar-refractivity contribution in [3.8, 4) is 0 Å². The molecule has 0 saturated heterocycles. The van der Waals surface area contributed by atoms with Gasteiger partial charge in [-0.05, 0) is 26.0 Å². The van der Waals surface area contributed by atoms with Crippen LogP contribution in [0.5, 0.6) is 0 Å². The Morgan fingerprint density at radius 1 is 1.20 bits per heavy atom. The number of pyridine rings is 1. The summed E-state index contributed by atoms with van der Waals surface area (Å²) >= 11 is 0. The fourth-order valence-corrected chi connectivity index (χ4v) is 1.56. The van der Waals surface area contributed by atoms with Crippen molar-refractivity contribution in [2.45, 2.75) is 20.3 Å². The third kappa shape index (κ3) is 1.79. The Morgan fingerprint density at radius 2 is 1.93 bits per heavy atom. The molecule has 0 N–H and O–H groups in total. The molecule has 0 bridgehead atoms. The van der Waals surface area contributed by atoms with Crippen molar-refractivity contribution in [2.75, 3.05) is 0 Å². The van der Waals surface area contributed by atoms with Gasteiger partial charge in [0, 0.05) is 29.0 Å². The topological polar surface area (TPSA) is 25.2 Å². The van der Waals surface area contributed by atoms with Crippen LogP contribution in [0.1, 0.15) is 24.6 Å². The molecule has 0 saturated carbocycles. The number of aryl methyl sites for hydroxylation is 1. The molecule has 0 aliphatic carbocycles. The molecule has 0 amide bonds. The minimum Gasteiger partial charge on any atom is -0.229 e. The van der Waals surface area contributed by atoms with E-state index in [9.17, 15) is 8.78 Å². The summed E-state index contributed by atoms with van der Waals surface area (Å²) in [5, 5.41) is 0. The lowest BCUT2D eigenvalue weighted by atomic mass is 10.0. The van der Waals surface area contributed by atoms with Crippen LogP contribution in [0.4, 0.5) is 8.78 Å². The Morgan fingerprint density at radius 3 is 2.47 bits per heavy atom. The number of hydrogen-bond donors (Lipinski definition) is 0. The lowest BCUT2D eigenvalue weighted by Crippen LogP contribution is -1.96. The van der Waals surface area contributed by atoms with E-state index in [2.05, 4.69) is 9.98 Å². The summed E-state index contributed by atoms with van der Waals surface area (Å²) in [5.41, 5.74) is 1.73. The van der Waals surface area contributed by atoms with Gasteiger partial charge in [0.05, 0.1) is 0 Å². The molecule has 2 nitrogen and oxygen atoms in total. The molecule has 0 aromatic carbocycles. The Bertz CT molecular complexity index is 475. The summed E-state index contributed by atoms with van der Waals surface area (Å²) in [6.07, 6.45) is 0.355. The molecule has 0 spiro atoms. The Kier molecular flexibility index (Phi) is 2.34. The molecule has 4 heteroatoms. The second kappa shape index (κ2) is 3.53. The molecular formula is C11H10F2N2. The number of allylic oxidation sites excluding steroid dienone is 1. The molecule has 1 aliphatic rings. The lowest BCUT2D eigenvalue weighted by molar-refractivity contribution is 0.573. The highest BCUT2D eigenvalue weighted by Gasteiger charge is 2.20. The van der Waals surface area contributed by atoms with E-state index < -0.39 is 11.9 Å². The van der Waals surface area contributed by atoms with Crippen LogP contribution in [0.2, 0.25) is 0 Å². The molecule has 1 aromatic rings. The van der Waals surface area contributed by atoms with Crippen molar-refractivity contribution in [3.63, 3.8) is 0 Å². The molecule has 0 fully saturated rings. The fraction of sp³-hybridized carbons (Fsp3) is 0.273. The number of aliphatic imine (C=N–C) groups is 1. The first-order valence-electron chi connectivity index (χ1n) is 4.64. The van der Waals surface area contributed by atoms with Crippen LogP contribution >= 0.6 is 0 Å². The average Bonchev–Trinajstić information content (AvgIpc) is 2.45. The molecule has 2 rings (SSSR count). The van der Waals surface area contributed by atoms with Gasteiger partial charge in [-0.3, -0.25) is 0 Å². The molecule has 15 heavy (non-hydrogen) atoms. The van der Waals surface area contributed by atoms with E-state index in [4.69, 9.17) is 0 Å². The van der Waals surface area contributed by atoms with Crippen LogP contribution < -0.4 is 0 Å². The van der Waals surface area contributed by atoms with E-state index in [1.165, 1.54) is 0 Å². The van der Waals surface area contributed by atoms with E-state index in [-0.39, 0.29) is 11.1 Å². The Hall–Kier alpha value is -1.58. The highest BCUT2D eigenvalue weighted by Crippen LogP contribution is 2.30. The van der Waals surface area contributed by atoms with Crippen molar-refractivity contribution >= 4 is 11.3 Å². The summed E-state index contributed by atoms with van der Waals surface area (Å²) in [4.78, 5) is 7.30. The molecule has 1 aliphatic heterocycles. The van der Waals surface area contributed by atoms with Crippen molar-refractivity contribution in [1.29, 1.82) is 0 Å². The first kappa shape index (κ1) is 9.96. The number of rotatable bonds is 1. The monoisotopic (exact) mass is 208 g/mol. The standard InChI is InChI=1S/C11H10F2N2/c1-6-3-4-8(10(12)14-6)9-5-7(2)15-11(9)13/h3-4H,5H2,1-2H3. The minimum atomic E-state index is -0.634. The third-order valence-corrected chi connectivity index (χ3v) is 2.28. The van der Waals surface area contributed by atoms with E-state index in [0.29, 0.717) is 17.8 Å².